The lowest BCUT2D eigenvalue weighted by Gasteiger charge is -2.03. The minimum atomic E-state index is 0.495. The van der Waals surface area contributed by atoms with Gasteiger partial charge in [-0.2, -0.15) is 0 Å². The van der Waals surface area contributed by atoms with E-state index in [0.29, 0.717) is 11.5 Å². The zero-order valence-corrected chi connectivity index (χ0v) is 7.65. The predicted octanol–water partition coefficient (Wildman–Crippen LogP) is 0.259. The van der Waals surface area contributed by atoms with Gasteiger partial charge in [-0.15, -0.1) is 0 Å². The van der Waals surface area contributed by atoms with Crippen LogP contribution < -0.4 is 9.31 Å². The summed E-state index contributed by atoms with van der Waals surface area (Å²) in [5.74, 6) is 0.990. The fourth-order valence-electron chi connectivity index (χ4n) is 0.828. The van der Waals surface area contributed by atoms with E-state index in [4.69, 9.17) is 9.31 Å². The standard InChI is InChI=1S/C8H6BN4O2/c1-7(2-11-5-10-1)14-9-15-8-3-12-6-13-4-8/h1-6H. The Bertz CT molecular complexity index is 360. The van der Waals surface area contributed by atoms with Crippen molar-refractivity contribution in [1.29, 1.82) is 0 Å². The lowest BCUT2D eigenvalue weighted by atomic mass is 10.3. The summed E-state index contributed by atoms with van der Waals surface area (Å²) in [5.41, 5.74) is 0. The first-order valence-corrected chi connectivity index (χ1v) is 4.10. The molecular formula is C8H6BN4O2. The average Bonchev–Trinajstić information content (AvgIpc) is 2.32. The fraction of sp³-hybridized carbons (Fsp3) is 0. The van der Waals surface area contributed by atoms with Gasteiger partial charge in [0.2, 0.25) is 0 Å². The Hall–Kier alpha value is -2.18. The van der Waals surface area contributed by atoms with Gasteiger partial charge in [0.15, 0.2) is 0 Å². The summed E-state index contributed by atoms with van der Waals surface area (Å²) in [6, 6.07) is 0. The van der Waals surface area contributed by atoms with Crippen LogP contribution in [0.2, 0.25) is 0 Å². The highest BCUT2D eigenvalue weighted by Gasteiger charge is 2.01. The molecule has 0 aromatic carbocycles. The van der Waals surface area contributed by atoms with Crippen molar-refractivity contribution in [2.75, 3.05) is 0 Å². The van der Waals surface area contributed by atoms with Gasteiger partial charge in [-0.25, -0.2) is 19.9 Å². The van der Waals surface area contributed by atoms with Crippen molar-refractivity contribution < 1.29 is 9.31 Å². The number of aromatic nitrogens is 4. The van der Waals surface area contributed by atoms with Crippen molar-refractivity contribution in [1.82, 2.24) is 19.9 Å². The van der Waals surface area contributed by atoms with Crippen LogP contribution in [0.4, 0.5) is 0 Å². The summed E-state index contributed by atoms with van der Waals surface area (Å²) in [6.45, 7) is 0. The molecule has 2 aromatic rings. The zero-order chi connectivity index (χ0) is 10.3. The minimum absolute atomic E-state index is 0.495. The molecule has 0 aliphatic carbocycles. The van der Waals surface area contributed by atoms with Gasteiger partial charge in [-0.3, -0.25) is 0 Å². The highest BCUT2D eigenvalue weighted by atomic mass is 16.6. The van der Waals surface area contributed by atoms with Gasteiger partial charge in [-0.1, -0.05) is 0 Å². The fourth-order valence-corrected chi connectivity index (χ4v) is 0.828. The van der Waals surface area contributed by atoms with Gasteiger partial charge < -0.3 is 9.31 Å². The first-order valence-electron chi connectivity index (χ1n) is 4.10. The van der Waals surface area contributed by atoms with Gasteiger partial charge in [0.1, 0.15) is 24.2 Å². The Labute approximate surface area is 86.7 Å². The summed E-state index contributed by atoms with van der Waals surface area (Å²) in [7, 11) is 1.16. The number of rotatable bonds is 4. The van der Waals surface area contributed by atoms with E-state index in [1.807, 2.05) is 0 Å². The van der Waals surface area contributed by atoms with Gasteiger partial charge in [0, 0.05) is 0 Å². The summed E-state index contributed by atoms with van der Waals surface area (Å²) in [4.78, 5) is 15.1. The van der Waals surface area contributed by atoms with E-state index in [1.165, 1.54) is 37.4 Å². The Kier molecular flexibility index (Phi) is 3.06. The van der Waals surface area contributed by atoms with E-state index in [0.717, 1.165) is 7.69 Å². The molecule has 15 heavy (non-hydrogen) atoms. The molecule has 0 spiro atoms. The number of nitrogens with zero attached hydrogens (tertiary/aromatic N) is 4. The van der Waals surface area contributed by atoms with Gasteiger partial charge >= 0.3 is 7.69 Å². The van der Waals surface area contributed by atoms with E-state index < -0.39 is 0 Å². The molecule has 0 saturated carbocycles. The van der Waals surface area contributed by atoms with Crippen molar-refractivity contribution in [2.24, 2.45) is 0 Å². The number of hydrogen-bond acceptors (Lipinski definition) is 6. The summed E-state index contributed by atoms with van der Waals surface area (Å²) in [5, 5.41) is 0. The molecular weight excluding hydrogens is 195 g/mol. The van der Waals surface area contributed by atoms with Crippen LogP contribution in [-0.2, 0) is 0 Å². The molecule has 0 aliphatic heterocycles. The maximum atomic E-state index is 5.08. The molecule has 0 N–H and O–H groups in total. The Morgan fingerprint density at radius 2 is 1.13 bits per heavy atom. The molecule has 2 heterocycles. The second-order valence-corrected chi connectivity index (χ2v) is 2.48. The van der Waals surface area contributed by atoms with Crippen LogP contribution in [-0.4, -0.2) is 27.6 Å². The Morgan fingerprint density at radius 3 is 1.53 bits per heavy atom. The quantitative estimate of drug-likeness (QED) is 0.660. The molecule has 0 fully saturated rings. The first-order chi connectivity index (χ1) is 7.45. The highest BCUT2D eigenvalue weighted by Crippen LogP contribution is 2.06. The Morgan fingerprint density at radius 1 is 0.733 bits per heavy atom. The van der Waals surface area contributed by atoms with Crippen molar-refractivity contribution in [2.45, 2.75) is 0 Å². The molecule has 0 unspecified atom stereocenters. The van der Waals surface area contributed by atoms with Crippen LogP contribution in [0.5, 0.6) is 11.5 Å². The topological polar surface area (TPSA) is 70.0 Å². The molecule has 2 rings (SSSR count). The second kappa shape index (κ2) is 4.89. The molecule has 0 saturated heterocycles. The van der Waals surface area contributed by atoms with Gasteiger partial charge in [-0.05, 0) is 0 Å². The van der Waals surface area contributed by atoms with Crippen molar-refractivity contribution in [3.63, 3.8) is 0 Å². The highest BCUT2D eigenvalue weighted by molar-refractivity contribution is 6.20. The summed E-state index contributed by atoms with van der Waals surface area (Å²) in [6.07, 6.45) is 8.92. The van der Waals surface area contributed by atoms with Gasteiger partial charge in [0.25, 0.3) is 0 Å². The zero-order valence-electron chi connectivity index (χ0n) is 7.65. The first kappa shape index (κ1) is 9.38. The molecule has 7 heteroatoms. The van der Waals surface area contributed by atoms with E-state index in [9.17, 15) is 0 Å². The summed E-state index contributed by atoms with van der Waals surface area (Å²) >= 11 is 0. The van der Waals surface area contributed by atoms with Crippen LogP contribution in [0, 0.1) is 0 Å². The normalized spacial score (nSPS) is 9.33. The summed E-state index contributed by atoms with van der Waals surface area (Å²) < 4.78 is 10.2. The molecule has 0 aliphatic rings. The van der Waals surface area contributed by atoms with Crippen LogP contribution in [0.3, 0.4) is 0 Å². The van der Waals surface area contributed by atoms with E-state index in [-0.39, 0.29) is 0 Å². The molecule has 0 bridgehead atoms. The molecule has 2 aromatic heterocycles. The van der Waals surface area contributed by atoms with Gasteiger partial charge in [0.05, 0.1) is 24.8 Å². The third kappa shape index (κ3) is 2.90. The number of hydrogen-bond donors (Lipinski definition) is 0. The molecule has 1 radical (unpaired) electrons. The average molecular weight is 201 g/mol. The third-order valence-electron chi connectivity index (χ3n) is 1.44. The third-order valence-corrected chi connectivity index (χ3v) is 1.44. The maximum Gasteiger partial charge on any atom is 0.658 e. The van der Waals surface area contributed by atoms with Crippen LogP contribution in [0.15, 0.2) is 37.4 Å². The molecule has 0 atom stereocenters. The van der Waals surface area contributed by atoms with E-state index >= 15 is 0 Å². The van der Waals surface area contributed by atoms with Crippen LogP contribution >= 0.6 is 0 Å². The maximum absolute atomic E-state index is 5.08. The lowest BCUT2D eigenvalue weighted by Crippen LogP contribution is -2.11. The monoisotopic (exact) mass is 201 g/mol. The van der Waals surface area contributed by atoms with E-state index in [1.54, 1.807) is 0 Å². The van der Waals surface area contributed by atoms with E-state index in [2.05, 4.69) is 19.9 Å². The van der Waals surface area contributed by atoms with Crippen LogP contribution in [0.25, 0.3) is 0 Å². The molecule has 0 amide bonds. The predicted molar refractivity (Wildman–Crippen MR) is 51.1 cm³/mol. The lowest BCUT2D eigenvalue weighted by molar-refractivity contribution is 0.454. The molecule has 73 valence electrons. The minimum Gasteiger partial charge on any atom is -0.524 e. The smallest absolute Gasteiger partial charge is 0.524 e. The van der Waals surface area contributed by atoms with Crippen molar-refractivity contribution in [3.05, 3.63) is 37.4 Å². The SMILES string of the molecule is [B](Oc1cncnc1)Oc1cncnc1. The molecule has 6 nitrogen and oxygen atoms in total. The van der Waals surface area contributed by atoms with Crippen molar-refractivity contribution in [3.8, 4) is 11.5 Å². The van der Waals surface area contributed by atoms with Crippen LogP contribution in [0.1, 0.15) is 0 Å². The second-order valence-electron chi connectivity index (χ2n) is 2.48. The van der Waals surface area contributed by atoms with Crippen molar-refractivity contribution >= 4 is 7.69 Å². The Balaban J connectivity index is 1.81. The largest absolute Gasteiger partial charge is 0.658 e.